The first kappa shape index (κ1) is 8.49. The van der Waals surface area contributed by atoms with Crippen molar-refractivity contribution >= 4 is 5.91 Å². The second-order valence-corrected chi connectivity index (χ2v) is 2.77. The Kier molecular flexibility index (Phi) is 2.84. The summed E-state index contributed by atoms with van der Waals surface area (Å²) >= 11 is 0. The molecule has 1 aliphatic heterocycles. The third kappa shape index (κ3) is 2.17. The van der Waals surface area contributed by atoms with Crippen molar-refractivity contribution in [1.82, 2.24) is 10.4 Å². The summed E-state index contributed by atoms with van der Waals surface area (Å²) in [5, 5.41) is 1.91. The predicted molar refractivity (Wildman–Crippen MR) is 40.8 cm³/mol. The van der Waals surface area contributed by atoms with E-state index in [-0.39, 0.29) is 5.91 Å². The van der Waals surface area contributed by atoms with E-state index in [1.165, 1.54) is 0 Å². The van der Waals surface area contributed by atoms with Crippen molar-refractivity contribution < 1.29 is 9.53 Å². The minimum atomic E-state index is 0.105. The van der Waals surface area contributed by atoms with Gasteiger partial charge in [-0.2, -0.15) is 0 Å². The first-order chi connectivity index (χ1) is 5.24. The molecule has 0 aromatic carbocycles. The highest BCUT2D eigenvalue weighted by atomic mass is 16.5. The third-order valence-corrected chi connectivity index (χ3v) is 1.82. The van der Waals surface area contributed by atoms with Crippen LogP contribution < -0.4 is 5.43 Å². The Morgan fingerprint density at radius 2 is 2.55 bits per heavy atom. The van der Waals surface area contributed by atoms with Gasteiger partial charge in [0, 0.05) is 26.1 Å². The van der Waals surface area contributed by atoms with Crippen molar-refractivity contribution in [1.29, 1.82) is 0 Å². The molecule has 11 heavy (non-hydrogen) atoms. The lowest BCUT2D eigenvalue weighted by atomic mass is 10.2. The molecular formula is C7H14N2O2. The Labute approximate surface area is 66.5 Å². The van der Waals surface area contributed by atoms with Crippen molar-refractivity contribution in [3.8, 4) is 0 Å². The molecule has 1 N–H and O–H groups in total. The lowest BCUT2D eigenvalue weighted by Gasteiger charge is -2.18. The number of hydrogen-bond donors (Lipinski definition) is 1. The zero-order valence-corrected chi connectivity index (χ0v) is 6.96. The van der Waals surface area contributed by atoms with Crippen LogP contribution in [0.25, 0.3) is 0 Å². The topological polar surface area (TPSA) is 41.6 Å². The number of carbonyl (C=O) groups excluding carboxylic acids is 1. The van der Waals surface area contributed by atoms with Gasteiger partial charge < -0.3 is 4.74 Å². The molecule has 0 aromatic rings. The molecule has 1 heterocycles. The molecule has 1 aliphatic rings. The highest BCUT2D eigenvalue weighted by Gasteiger charge is 2.25. The molecule has 0 radical (unpaired) electrons. The van der Waals surface area contributed by atoms with Gasteiger partial charge >= 0.3 is 0 Å². The van der Waals surface area contributed by atoms with Crippen molar-refractivity contribution in [2.75, 3.05) is 20.3 Å². The largest absolute Gasteiger partial charge is 0.383 e. The van der Waals surface area contributed by atoms with Gasteiger partial charge in [0.2, 0.25) is 5.91 Å². The van der Waals surface area contributed by atoms with E-state index < -0.39 is 0 Å². The molecule has 64 valence electrons. The SMILES string of the molecule is COCCN1NC(=O)CC1C. The number of carbonyl (C=O) groups is 1. The van der Waals surface area contributed by atoms with E-state index in [0.29, 0.717) is 19.1 Å². The standard InChI is InChI=1S/C7H14N2O2/c1-6-5-7(10)8-9(6)3-4-11-2/h6H,3-5H2,1-2H3,(H,8,10). The van der Waals surface area contributed by atoms with Gasteiger partial charge in [0.25, 0.3) is 0 Å². The number of ether oxygens (including phenoxy) is 1. The molecule has 4 nitrogen and oxygen atoms in total. The van der Waals surface area contributed by atoms with Gasteiger partial charge in [-0.3, -0.25) is 10.2 Å². The molecule has 1 saturated heterocycles. The summed E-state index contributed by atoms with van der Waals surface area (Å²) < 4.78 is 4.89. The smallest absolute Gasteiger partial charge is 0.235 e. The maximum absolute atomic E-state index is 10.8. The number of amides is 1. The molecular weight excluding hydrogens is 144 g/mol. The summed E-state index contributed by atoms with van der Waals surface area (Å²) in [5.41, 5.74) is 2.75. The average molecular weight is 158 g/mol. The van der Waals surface area contributed by atoms with E-state index in [9.17, 15) is 4.79 Å². The zero-order chi connectivity index (χ0) is 8.27. The average Bonchev–Trinajstić information content (AvgIpc) is 2.26. The number of hydrazine groups is 1. The number of methoxy groups -OCH3 is 1. The molecule has 0 spiro atoms. The summed E-state index contributed by atoms with van der Waals surface area (Å²) in [5.74, 6) is 0.105. The molecule has 1 unspecified atom stereocenters. The summed E-state index contributed by atoms with van der Waals surface area (Å²) in [6.45, 7) is 3.45. The van der Waals surface area contributed by atoms with Crippen molar-refractivity contribution in [3.63, 3.8) is 0 Å². The Hall–Kier alpha value is -0.610. The van der Waals surface area contributed by atoms with Gasteiger partial charge in [0.05, 0.1) is 6.61 Å². The van der Waals surface area contributed by atoms with E-state index in [1.54, 1.807) is 7.11 Å². The van der Waals surface area contributed by atoms with Crippen LogP contribution in [0, 0.1) is 0 Å². The van der Waals surface area contributed by atoms with E-state index in [0.717, 1.165) is 6.54 Å². The molecule has 1 rings (SSSR count). The lowest BCUT2D eigenvalue weighted by Crippen LogP contribution is -2.39. The fourth-order valence-electron chi connectivity index (χ4n) is 1.16. The predicted octanol–water partition coefficient (Wildman–Crippen LogP) is -0.242. The molecule has 1 fully saturated rings. The quantitative estimate of drug-likeness (QED) is 0.616. The summed E-state index contributed by atoms with van der Waals surface area (Å²) in [7, 11) is 1.66. The molecule has 0 bridgehead atoms. The molecule has 0 saturated carbocycles. The second kappa shape index (κ2) is 3.69. The van der Waals surface area contributed by atoms with Crippen LogP contribution in [0.4, 0.5) is 0 Å². The number of nitrogens with zero attached hydrogens (tertiary/aromatic N) is 1. The molecule has 4 heteroatoms. The summed E-state index contributed by atoms with van der Waals surface area (Å²) in [4.78, 5) is 10.8. The van der Waals surface area contributed by atoms with Crippen LogP contribution >= 0.6 is 0 Å². The van der Waals surface area contributed by atoms with Crippen LogP contribution in [0.1, 0.15) is 13.3 Å². The molecule has 1 atom stereocenters. The maximum atomic E-state index is 10.8. The second-order valence-electron chi connectivity index (χ2n) is 2.77. The molecule has 0 aromatic heterocycles. The Balaban J connectivity index is 2.28. The van der Waals surface area contributed by atoms with E-state index in [2.05, 4.69) is 5.43 Å². The van der Waals surface area contributed by atoms with Gasteiger partial charge in [-0.1, -0.05) is 0 Å². The number of nitrogens with one attached hydrogen (secondary N) is 1. The van der Waals surface area contributed by atoms with E-state index in [4.69, 9.17) is 4.74 Å². The fourth-order valence-corrected chi connectivity index (χ4v) is 1.16. The normalized spacial score (nSPS) is 25.6. The highest BCUT2D eigenvalue weighted by molar-refractivity contribution is 5.77. The first-order valence-electron chi connectivity index (χ1n) is 3.79. The molecule has 1 amide bonds. The van der Waals surface area contributed by atoms with Crippen LogP contribution in [0.3, 0.4) is 0 Å². The molecule has 0 aliphatic carbocycles. The Morgan fingerprint density at radius 1 is 1.82 bits per heavy atom. The van der Waals surface area contributed by atoms with Crippen molar-refractivity contribution in [2.45, 2.75) is 19.4 Å². The highest BCUT2D eigenvalue weighted by Crippen LogP contribution is 2.07. The lowest BCUT2D eigenvalue weighted by molar-refractivity contribution is -0.121. The van der Waals surface area contributed by atoms with Crippen LogP contribution in [-0.4, -0.2) is 37.2 Å². The Bertz CT molecular complexity index is 149. The van der Waals surface area contributed by atoms with Crippen molar-refractivity contribution in [3.05, 3.63) is 0 Å². The monoisotopic (exact) mass is 158 g/mol. The maximum Gasteiger partial charge on any atom is 0.235 e. The van der Waals surface area contributed by atoms with Crippen LogP contribution in [-0.2, 0) is 9.53 Å². The third-order valence-electron chi connectivity index (χ3n) is 1.82. The van der Waals surface area contributed by atoms with E-state index in [1.807, 2.05) is 11.9 Å². The van der Waals surface area contributed by atoms with Gasteiger partial charge in [-0.05, 0) is 6.92 Å². The van der Waals surface area contributed by atoms with Gasteiger partial charge in [-0.25, -0.2) is 5.01 Å². The van der Waals surface area contributed by atoms with E-state index >= 15 is 0 Å². The summed E-state index contributed by atoms with van der Waals surface area (Å²) in [6.07, 6.45) is 0.601. The van der Waals surface area contributed by atoms with Gasteiger partial charge in [0.1, 0.15) is 0 Å². The summed E-state index contributed by atoms with van der Waals surface area (Å²) in [6, 6.07) is 0.303. The minimum absolute atomic E-state index is 0.105. The Morgan fingerprint density at radius 3 is 3.00 bits per heavy atom. The zero-order valence-electron chi connectivity index (χ0n) is 6.96. The van der Waals surface area contributed by atoms with Crippen LogP contribution in [0.2, 0.25) is 0 Å². The number of hydrogen-bond acceptors (Lipinski definition) is 3. The van der Waals surface area contributed by atoms with Crippen LogP contribution in [0.15, 0.2) is 0 Å². The van der Waals surface area contributed by atoms with Crippen molar-refractivity contribution in [2.24, 2.45) is 0 Å². The van der Waals surface area contributed by atoms with Gasteiger partial charge in [-0.15, -0.1) is 0 Å². The minimum Gasteiger partial charge on any atom is -0.383 e. The number of rotatable bonds is 3. The fraction of sp³-hybridized carbons (Fsp3) is 0.857. The van der Waals surface area contributed by atoms with Crippen LogP contribution in [0.5, 0.6) is 0 Å². The first-order valence-corrected chi connectivity index (χ1v) is 3.79. The van der Waals surface area contributed by atoms with Gasteiger partial charge in [0.15, 0.2) is 0 Å².